The molecule has 2 aliphatic rings. The van der Waals surface area contributed by atoms with Crippen molar-refractivity contribution in [3.8, 4) is 0 Å². The van der Waals surface area contributed by atoms with Crippen LogP contribution in [-0.4, -0.2) is 37.1 Å². The van der Waals surface area contributed by atoms with Gasteiger partial charge in [-0.2, -0.15) is 0 Å². The number of nitrogens with one attached hydrogen (secondary N) is 1. The van der Waals surface area contributed by atoms with E-state index in [4.69, 9.17) is 0 Å². The maximum Gasteiger partial charge on any atom is 0.0107 e. The summed E-state index contributed by atoms with van der Waals surface area (Å²) < 4.78 is 0. The molecule has 2 saturated carbocycles. The van der Waals surface area contributed by atoms with Gasteiger partial charge in [-0.05, 0) is 51.0 Å². The summed E-state index contributed by atoms with van der Waals surface area (Å²) in [7, 11) is 2.31. The van der Waals surface area contributed by atoms with Crippen LogP contribution in [0.2, 0.25) is 0 Å². The quantitative estimate of drug-likeness (QED) is 0.808. The van der Waals surface area contributed by atoms with E-state index in [1.807, 2.05) is 0 Å². The number of hydrogen-bond donors (Lipinski definition) is 1. The first kappa shape index (κ1) is 14.3. The lowest BCUT2D eigenvalue weighted by atomic mass is 9.80. The highest BCUT2D eigenvalue weighted by Gasteiger charge is 2.25. The van der Waals surface area contributed by atoms with Crippen LogP contribution in [0.5, 0.6) is 0 Å². The molecule has 106 valence electrons. The fourth-order valence-corrected chi connectivity index (χ4v) is 3.92. The van der Waals surface area contributed by atoms with Crippen molar-refractivity contribution in [1.29, 1.82) is 0 Å². The van der Waals surface area contributed by atoms with E-state index in [9.17, 15) is 0 Å². The predicted octanol–water partition coefficient (Wildman–Crippen LogP) is 3.28. The molecule has 3 unspecified atom stereocenters. The highest BCUT2D eigenvalue weighted by atomic mass is 15.1. The highest BCUT2D eigenvalue weighted by Crippen LogP contribution is 2.28. The van der Waals surface area contributed by atoms with Gasteiger partial charge in [-0.3, -0.25) is 0 Å². The molecular formula is C16H32N2. The van der Waals surface area contributed by atoms with Gasteiger partial charge < -0.3 is 10.2 Å². The number of hydrogen-bond acceptors (Lipinski definition) is 2. The Balaban J connectivity index is 1.62. The van der Waals surface area contributed by atoms with Crippen LogP contribution < -0.4 is 5.32 Å². The Bertz CT molecular complexity index is 235. The van der Waals surface area contributed by atoms with E-state index >= 15 is 0 Å². The molecule has 0 aliphatic heterocycles. The molecule has 0 aromatic carbocycles. The molecule has 1 N–H and O–H groups in total. The number of rotatable bonds is 5. The first-order valence-electron chi connectivity index (χ1n) is 8.10. The lowest BCUT2D eigenvalue weighted by Gasteiger charge is -2.34. The summed E-state index contributed by atoms with van der Waals surface area (Å²) in [6.07, 6.45) is 9.95. The summed E-state index contributed by atoms with van der Waals surface area (Å²) >= 11 is 0. The Morgan fingerprint density at radius 2 is 1.78 bits per heavy atom. The molecule has 0 aromatic heterocycles. The van der Waals surface area contributed by atoms with E-state index in [0.717, 1.165) is 23.9 Å². The van der Waals surface area contributed by atoms with Gasteiger partial charge in [0.25, 0.3) is 0 Å². The molecule has 0 aromatic rings. The van der Waals surface area contributed by atoms with Gasteiger partial charge in [0.15, 0.2) is 0 Å². The molecule has 18 heavy (non-hydrogen) atoms. The average Bonchev–Trinajstić information content (AvgIpc) is 2.85. The van der Waals surface area contributed by atoms with Crippen molar-refractivity contribution < 1.29 is 0 Å². The Morgan fingerprint density at radius 1 is 1.06 bits per heavy atom. The molecule has 0 radical (unpaired) electrons. The normalized spacial score (nSPS) is 34.3. The SMILES string of the molecule is CC1CCC(NCCN(C)C2CCCC2)C(C)C1. The third-order valence-electron chi connectivity index (χ3n) is 5.25. The fourth-order valence-electron chi connectivity index (χ4n) is 3.92. The summed E-state index contributed by atoms with van der Waals surface area (Å²) in [5.41, 5.74) is 0. The minimum absolute atomic E-state index is 0.776. The van der Waals surface area contributed by atoms with Crippen LogP contribution in [0, 0.1) is 11.8 Å². The third kappa shape index (κ3) is 3.96. The first-order valence-corrected chi connectivity index (χ1v) is 8.10. The minimum Gasteiger partial charge on any atom is -0.312 e. The Hall–Kier alpha value is -0.0800. The molecule has 2 nitrogen and oxygen atoms in total. The number of nitrogens with zero attached hydrogens (tertiary/aromatic N) is 1. The van der Waals surface area contributed by atoms with Crippen LogP contribution in [0.4, 0.5) is 0 Å². The number of likely N-dealkylation sites (N-methyl/N-ethyl adjacent to an activating group) is 1. The van der Waals surface area contributed by atoms with Crippen LogP contribution in [0.1, 0.15) is 58.8 Å². The van der Waals surface area contributed by atoms with E-state index < -0.39 is 0 Å². The van der Waals surface area contributed by atoms with Gasteiger partial charge in [-0.1, -0.05) is 26.7 Å². The van der Waals surface area contributed by atoms with E-state index in [0.29, 0.717) is 0 Å². The molecule has 0 bridgehead atoms. The molecule has 0 spiro atoms. The molecule has 3 atom stereocenters. The van der Waals surface area contributed by atoms with Crippen LogP contribution in [-0.2, 0) is 0 Å². The van der Waals surface area contributed by atoms with Gasteiger partial charge in [0.05, 0.1) is 0 Å². The zero-order valence-corrected chi connectivity index (χ0v) is 12.6. The van der Waals surface area contributed by atoms with Crippen LogP contribution in [0.25, 0.3) is 0 Å². The Labute approximate surface area is 114 Å². The van der Waals surface area contributed by atoms with E-state index in [1.165, 1.54) is 58.0 Å². The van der Waals surface area contributed by atoms with E-state index in [2.05, 4.69) is 31.1 Å². The van der Waals surface area contributed by atoms with Crippen molar-refractivity contribution in [3.05, 3.63) is 0 Å². The van der Waals surface area contributed by atoms with Crippen molar-refractivity contribution in [3.63, 3.8) is 0 Å². The second-order valence-electron chi connectivity index (χ2n) is 6.88. The topological polar surface area (TPSA) is 15.3 Å². The van der Waals surface area contributed by atoms with Gasteiger partial charge in [-0.25, -0.2) is 0 Å². The van der Waals surface area contributed by atoms with Gasteiger partial charge in [-0.15, -0.1) is 0 Å². The lowest BCUT2D eigenvalue weighted by Crippen LogP contribution is -2.43. The van der Waals surface area contributed by atoms with Crippen molar-refractivity contribution in [1.82, 2.24) is 10.2 Å². The standard InChI is InChI=1S/C16H32N2/c1-13-8-9-16(14(2)12-13)17-10-11-18(3)15-6-4-5-7-15/h13-17H,4-12H2,1-3H3. The maximum absolute atomic E-state index is 3.80. The molecule has 2 fully saturated rings. The second-order valence-corrected chi connectivity index (χ2v) is 6.88. The molecule has 0 amide bonds. The zero-order chi connectivity index (χ0) is 13.0. The largest absolute Gasteiger partial charge is 0.312 e. The zero-order valence-electron chi connectivity index (χ0n) is 12.6. The summed E-state index contributed by atoms with van der Waals surface area (Å²) in [6.45, 7) is 7.23. The monoisotopic (exact) mass is 252 g/mol. The van der Waals surface area contributed by atoms with Gasteiger partial charge >= 0.3 is 0 Å². The highest BCUT2D eigenvalue weighted by molar-refractivity contribution is 4.82. The average molecular weight is 252 g/mol. The van der Waals surface area contributed by atoms with E-state index in [-0.39, 0.29) is 0 Å². The van der Waals surface area contributed by atoms with Crippen LogP contribution in [0.3, 0.4) is 0 Å². The molecule has 2 rings (SSSR count). The lowest BCUT2D eigenvalue weighted by molar-refractivity contribution is 0.205. The molecular weight excluding hydrogens is 220 g/mol. The van der Waals surface area contributed by atoms with Gasteiger partial charge in [0.2, 0.25) is 0 Å². The van der Waals surface area contributed by atoms with Crippen molar-refractivity contribution in [2.24, 2.45) is 11.8 Å². The summed E-state index contributed by atoms with van der Waals surface area (Å²) in [5, 5.41) is 3.80. The molecule has 2 heteroatoms. The summed E-state index contributed by atoms with van der Waals surface area (Å²) in [5.74, 6) is 1.81. The predicted molar refractivity (Wildman–Crippen MR) is 78.9 cm³/mol. The van der Waals surface area contributed by atoms with E-state index in [1.54, 1.807) is 0 Å². The second kappa shape index (κ2) is 6.91. The third-order valence-corrected chi connectivity index (χ3v) is 5.25. The Kier molecular flexibility index (Phi) is 5.50. The van der Waals surface area contributed by atoms with Gasteiger partial charge in [0.1, 0.15) is 0 Å². The minimum atomic E-state index is 0.776. The van der Waals surface area contributed by atoms with Crippen molar-refractivity contribution in [2.45, 2.75) is 70.9 Å². The summed E-state index contributed by atoms with van der Waals surface area (Å²) in [4.78, 5) is 2.58. The van der Waals surface area contributed by atoms with Gasteiger partial charge in [0, 0.05) is 25.2 Å². The summed E-state index contributed by atoms with van der Waals surface area (Å²) in [6, 6.07) is 1.65. The Morgan fingerprint density at radius 3 is 2.44 bits per heavy atom. The fraction of sp³-hybridized carbons (Fsp3) is 1.00. The first-order chi connectivity index (χ1) is 8.66. The van der Waals surface area contributed by atoms with Crippen molar-refractivity contribution in [2.75, 3.05) is 20.1 Å². The molecule has 0 heterocycles. The maximum atomic E-state index is 3.80. The van der Waals surface area contributed by atoms with Crippen LogP contribution in [0.15, 0.2) is 0 Å². The molecule has 0 saturated heterocycles. The van der Waals surface area contributed by atoms with Crippen molar-refractivity contribution >= 4 is 0 Å². The smallest absolute Gasteiger partial charge is 0.0107 e. The molecule has 2 aliphatic carbocycles. The van der Waals surface area contributed by atoms with Crippen LogP contribution >= 0.6 is 0 Å².